The SMILES string of the molecule is CCCNC(=O)C(C)OC(=O)c1sccc1-c1ccc(C)cc1. The van der Waals surface area contributed by atoms with Gasteiger partial charge in [-0.2, -0.15) is 0 Å². The molecule has 0 fully saturated rings. The second-order valence-electron chi connectivity index (χ2n) is 5.37. The summed E-state index contributed by atoms with van der Waals surface area (Å²) in [6.45, 7) is 6.15. The number of amides is 1. The maximum absolute atomic E-state index is 12.4. The summed E-state index contributed by atoms with van der Waals surface area (Å²) in [5.74, 6) is -0.733. The molecule has 5 heteroatoms. The Morgan fingerprint density at radius 2 is 1.91 bits per heavy atom. The monoisotopic (exact) mass is 331 g/mol. The van der Waals surface area contributed by atoms with E-state index >= 15 is 0 Å². The van der Waals surface area contributed by atoms with Crippen molar-refractivity contribution in [2.24, 2.45) is 0 Å². The lowest BCUT2D eigenvalue weighted by atomic mass is 10.1. The van der Waals surface area contributed by atoms with Gasteiger partial charge in [-0.05, 0) is 37.3 Å². The first kappa shape index (κ1) is 17.2. The highest BCUT2D eigenvalue weighted by Gasteiger charge is 2.22. The molecular weight excluding hydrogens is 310 g/mol. The number of thiophene rings is 1. The molecule has 0 aliphatic carbocycles. The molecule has 0 saturated carbocycles. The van der Waals surface area contributed by atoms with Gasteiger partial charge in [0.2, 0.25) is 0 Å². The molecule has 0 aliphatic heterocycles. The number of esters is 1. The van der Waals surface area contributed by atoms with Gasteiger partial charge in [-0.25, -0.2) is 4.79 Å². The Labute approximate surface area is 140 Å². The van der Waals surface area contributed by atoms with Crippen molar-refractivity contribution in [3.63, 3.8) is 0 Å². The van der Waals surface area contributed by atoms with E-state index in [1.165, 1.54) is 11.3 Å². The fourth-order valence-electron chi connectivity index (χ4n) is 2.09. The first-order valence-corrected chi connectivity index (χ1v) is 8.54. The third-order valence-corrected chi connectivity index (χ3v) is 4.31. The summed E-state index contributed by atoms with van der Waals surface area (Å²) in [7, 11) is 0. The van der Waals surface area contributed by atoms with Crippen LogP contribution in [-0.2, 0) is 9.53 Å². The van der Waals surface area contributed by atoms with Crippen molar-refractivity contribution in [2.45, 2.75) is 33.3 Å². The van der Waals surface area contributed by atoms with Crippen molar-refractivity contribution < 1.29 is 14.3 Å². The van der Waals surface area contributed by atoms with E-state index in [4.69, 9.17) is 4.74 Å². The van der Waals surface area contributed by atoms with Crippen molar-refractivity contribution in [1.29, 1.82) is 0 Å². The lowest BCUT2D eigenvalue weighted by molar-refractivity contribution is -0.129. The van der Waals surface area contributed by atoms with E-state index in [0.717, 1.165) is 23.1 Å². The molecule has 1 heterocycles. The van der Waals surface area contributed by atoms with Crippen molar-refractivity contribution >= 4 is 23.2 Å². The summed E-state index contributed by atoms with van der Waals surface area (Å²) < 4.78 is 5.30. The summed E-state index contributed by atoms with van der Waals surface area (Å²) in [5, 5.41) is 4.58. The van der Waals surface area contributed by atoms with Crippen LogP contribution in [0.3, 0.4) is 0 Å². The summed E-state index contributed by atoms with van der Waals surface area (Å²) in [4.78, 5) is 24.7. The van der Waals surface area contributed by atoms with E-state index in [1.807, 2.05) is 49.6 Å². The first-order valence-electron chi connectivity index (χ1n) is 7.66. The Hall–Kier alpha value is -2.14. The van der Waals surface area contributed by atoms with Crippen LogP contribution in [0.1, 0.15) is 35.5 Å². The van der Waals surface area contributed by atoms with Gasteiger partial charge < -0.3 is 10.1 Å². The zero-order valence-corrected chi connectivity index (χ0v) is 14.4. The van der Waals surface area contributed by atoms with Gasteiger partial charge in [0.25, 0.3) is 5.91 Å². The molecule has 0 aliphatic rings. The molecule has 0 saturated heterocycles. The Balaban J connectivity index is 2.10. The average molecular weight is 331 g/mol. The molecule has 122 valence electrons. The van der Waals surface area contributed by atoms with Crippen LogP contribution in [0.2, 0.25) is 0 Å². The predicted molar refractivity (Wildman–Crippen MR) is 92.7 cm³/mol. The fourth-order valence-corrected chi connectivity index (χ4v) is 2.88. The van der Waals surface area contributed by atoms with Crippen LogP contribution in [0.15, 0.2) is 35.7 Å². The minimum absolute atomic E-state index is 0.270. The van der Waals surface area contributed by atoms with Gasteiger partial charge in [-0.1, -0.05) is 36.8 Å². The molecule has 2 aromatic rings. The second kappa shape index (κ2) is 7.92. The van der Waals surface area contributed by atoms with Crippen LogP contribution < -0.4 is 5.32 Å². The molecule has 1 N–H and O–H groups in total. The van der Waals surface area contributed by atoms with Gasteiger partial charge in [-0.15, -0.1) is 11.3 Å². The fraction of sp³-hybridized carbons (Fsp3) is 0.333. The third-order valence-electron chi connectivity index (χ3n) is 3.42. The number of carbonyl (C=O) groups is 2. The highest BCUT2D eigenvalue weighted by Crippen LogP contribution is 2.29. The lowest BCUT2D eigenvalue weighted by Gasteiger charge is -2.13. The number of benzene rings is 1. The number of hydrogen-bond donors (Lipinski definition) is 1. The van der Waals surface area contributed by atoms with E-state index in [1.54, 1.807) is 6.92 Å². The zero-order valence-electron chi connectivity index (χ0n) is 13.6. The van der Waals surface area contributed by atoms with Gasteiger partial charge in [0.15, 0.2) is 6.10 Å². The maximum Gasteiger partial charge on any atom is 0.349 e. The van der Waals surface area contributed by atoms with Crippen molar-refractivity contribution in [1.82, 2.24) is 5.32 Å². The number of nitrogens with one attached hydrogen (secondary N) is 1. The minimum Gasteiger partial charge on any atom is -0.448 e. The minimum atomic E-state index is -0.804. The topological polar surface area (TPSA) is 55.4 Å². The smallest absolute Gasteiger partial charge is 0.349 e. The number of aryl methyl sites for hydroxylation is 1. The molecule has 1 amide bonds. The summed E-state index contributed by atoms with van der Waals surface area (Å²) in [6, 6.07) is 9.86. The molecule has 1 aromatic heterocycles. The summed E-state index contributed by atoms with van der Waals surface area (Å²) in [6.07, 6.45) is 0.0385. The van der Waals surface area contributed by atoms with Gasteiger partial charge in [0, 0.05) is 12.1 Å². The molecule has 0 radical (unpaired) electrons. The number of ether oxygens (including phenoxy) is 1. The lowest BCUT2D eigenvalue weighted by Crippen LogP contribution is -2.36. The Morgan fingerprint density at radius 3 is 2.57 bits per heavy atom. The molecule has 4 nitrogen and oxygen atoms in total. The van der Waals surface area contributed by atoms with Crippen LogP contribution in [-0.4, -0.2) is 24.5 Å². The summed E-state index contributed by atoms with van der Waals surface area (Å²) in [5.41, 5.74) is 2.96. The van der Waals surface area contributed by atoms with Gasteiger partial charge in [-0.3, -0.25) is 4.79 Å². The summed E-state index contributed by atoms with van der Waals surface area (Å²) >= 11 is 1.32. The largest absolute Gasteiger partial charge is 0.448 e. The van der Waals surface area contributed by atoms with Crippen LogP contribution in [0.25, 0.3) is 11.1 Å². The molecule has 23 heavy (non-hydrogen) atoms. The molecule has 2 rings (SSSR count). The molecule has 1 atom stereocenters. The van der Waals surface area contributed by atoms with Gasteiger partial charge >= 0.3 is 5.97 Å². The second-order valence-corrected chi connectivity index (χ2v) is 6.28. The van der Waals surface area contributed by atoms with Crippen molar-refractivity contribution in [3.05, 3.63) is 46.2 Å². The Bertz CT molecular complexity index is 676. The van der Waals surface area contributed by atoms with Gasteiger partial charge in [0.1, 0.15) is 4.88 Å². The van der Waals surface area contributed by atoms with Crippen molar-refractivity contribution in [3.8, 4) is 11.1 Å². The Morgan fingerprint density at radius 1 is 1.22 bits per heavy atom. The highest BCUT2D eigenvalue weighted by molar-refractivity contribution is 7.12. The van der Waals surface area contributed by atoms with Crippen LogP contribution in [0, 0.1) is 6.92 Å². The molecule has 1 unspecified atom stereocenters. The predicted octanol–water partition coefficient (Wildman–Crippen LogP) is 3.80. The van der Waals surface area contributed by atoms with Crippen LogP contribution in [0.4, 0.5) is 0 Å². The number of hydrogen-bond acceptors (Lipinski definition) is 4. The molecular formula is C18H21NO3S. The maximum atomic E-state index is 12.4. The zero-order chi connectivity index (χ0) is 16.8. The van der Waals surface area contributed by atoms with Crippen LogP contribution >= 0.6 is 11.3 Å². The van der Waals surface area contributed by atoms with Gasteiger partial charge in [0.05, 0.1) is 0 Å². The molecule has 1 aromatic carbocycles. The Kier molecular flexibility index (Phi) is 5.93. The van der Waals surface area contributed by atoms with E-state index in [2.05, 4.69) is 5.32 Å². The van der Waals surface area contributed by atoms with E-state index in [9.17, 15) is 9.59 Å². The standard InChI is InChI=1S/C18H21NO3S/c1-4-10-19-17(20)13(3)22-18(21)16-15(9-11-23-16)14-7-5-12(2)6-8-14/h5-9,11,13H,4,10H2,1-3H3,(H,19,20). The number of rotatable bonds is 6. The van der Waals surface area contributed by atoms with Crippen molar-refractivity contribution in [2.75, 3.05) is 6.54 Å². The normalized spacial score (nSPS) is 11.8. The first-order chi connectivity index (χ1) is 11.0. The van der Waals surface area contributed by atoms with Crippen LogP contribution in [0.5, 0.6) is 0 Å². The van der Waals surface area contributed by atoms with E-state index < -0.39 is 12.1 Å². The van der Waals surface area contributed by atoms with E-state index in [0.29, 0.717) is 11.4 Å². The molecule has 0 spiro atoms. The average Bonchev–Trinajstić information content (AvgIpc) is 3.02. The number of carbonyl (C=O) groups excluding carboxylic acids is 2. The highest BCUT2D eigenvalue weighted by atomic mass is 32.1. The quantitative estimate of drug-likeness (QED) is 0.819. The molecule has 0 bridgehead atoms. The van der Waals surface area contributed by atoms with E-state index in [-0.39, 0.29) is 5.91 Å². The third kappa shape index (κ3) is 4.42.